The van der Waals surface area contributed by atoms with Gasteiger partial charge in [-0.2, -0.15) is 0 Å². The molecule has 234 valence electrons. The first kappa shape index (κ1) is 36.5. The van der Waals surface area contributed by atoms with Crippen molar-refractivity contribution in [1.29, 1.82) is 0 Å². The molecule has 0 saturated heterocycles. The van der Waals surface area contributed by atoms with Crippen LogP contribution in [0.1, 0.15) is 44.7 Å². The number of rotatable bonds is 2. The van der Waals surface area contributed by atoms with Crippen LogP contribution in [0.5, 0.6) is 5.75 Å². The Kier molecular flexibility index (Phi) is 17.7. The fourth-order valence-corrected chi connectivity index (χ4v) is 3.83. The zero-order valence-corrected chi connectivity index (χ0v) is 26.3. The summed E-state index contributed by atoms with van der Waals surface area (Å²) in [6.07, 6.45) is 2.76. The lowest BCUT2D eigenvalue weighted by molar-refractivity contribution is -0.130. The second-order valence-corrected chi connectivity index (χ2v) is 10.7. The van der Waals surface area contributed by atoms with Crippen LogP contribution in [0, 0.1) is 12.7 Å². The van der Waals surface area contributed by atoms with Crippen LogP contribution in [-0.2, 0) is 20.8 Å². The standard InChI is InChI=1S/C22H35N5O4.C7H7F.C3H8/c1-16-15-31-19-10-6-5-8-17(19)9-7-11-23-22(30)18(13-26(2)3)25-20(28)12-24-21(29)14-27(16)4;1-6-3-2-4-7(8)5-6;1-3-2/h5-6,8,10,16,18H,7,9,11-15H2,1-4H3,(H,23,30)(H,24,29)(H,25,28);2-5H,1H3;3H2,1-2H3/t16-,18?;;/m0../s1. The van der Waals surface area contributed by atoms with Crippen molar-refractivity contribution in [2.24, 2.45) is 0 Å². The third-order valence-corrected chi connectivity index (χ3v) is 6.15. The minimum absolute atomic E-state index is 0.00952. The Balaban J connectivity index is 0.000000671. The Morgan fingerprint density at radius 2 is 1.71 bits per heavy atom. The molecule has 2 aromatic carbocycles. The summed E-state index contributed by atoms with van der Waals surface area (Å²) in [7, 11) is 5.51. The number of halogens is 1. The second-order valence-electron chi connectivity index (χ2n) is 10.7. The largest absolute Gasteiger partial charge is 0.492 e. The molecule has 0 aromatic heterocycles. The lowest BCUT2D eigenvalue weighted by Crippen LogP contribution is -2.54. The number of benzene rings is 2. The SMILES string of the molecule is CCC.C[C@H]1COc2ccccc2CCCNC(=O)C(CN(C)C)NC(=O)CNC(=O)CN1C.Cc1cccc(F)c1. The quantitative estimate of drug-likeness (QED) is 0.499. The molecule has 3 rings (SSSR count). The van der Waals surface area contributed by atoms with E-state index in [1.54, 1.807) is 6.07 Å². The van der Waals surface area contributed by atoms with Crippen LogP contribution in [-0.4, -0.2) is 93.5 Å². The number of amides is 3. The molecule has 0 saturated carbocycles. The van der Waals surface area contributed by atoms with E-state index in [-0.39, 0.29) is 36.8 Å². The minimum Gasteiger partial charge on any atom is -0.492 e. The van der Waals surface area contributed by atoms with Crippen LogP contribution >= 0.6 is 0 Å². The van der Waals surface area contributed by atoms with Crippen LogP contribution in [0.2, 0.25) is 0 Å². The summed E-state index contributed by atoms with van der Waals surface area (Å²) >= 11 is 0. The zero-order chi connectivity index (χ0) is 31.5. The van der Waals surface area contributed by atoms with Gasteiger partial charge < -0.3 is 25.6 Å². The molecule has 9 nitrogen and oxygen atoms in total. The second kappa shape index (κ2) is 20.4. The number of ether oxygens (including phenoxy) is 1. The number of fused-ring (bicyclic) bond motifs is 1. The third-order valence-electron chi connectivity index (χ3n) is 6.15. The van der Waals surface area contributed by atoms with Crippen LogP contribution in [0.15, 0.2) is 48.5 Å². The molecule has 1 aliphatic heterocycles. The minimum atomic E-state index is -0.698. The topological polar surface area (TPSA) is 103 Å². The summed E-state index contributed by atoms with van der Waals surface area (Å²) in [5.74, 6) is -0.251. The van der Waals surface area contributed by atoms with Gasteiger partial charge in [-0.25, -0.2) is 4.39 Å². The Labute approximate surface area is 251 Å². The Morgan fingerprint density at radius 3 is 2.33 bits per heavy atom. The number of nitrogens with zero attached hydrogens (tertiary/aromatic N) is 2. The van der Waals surface area contributed by atoms with Gasteiger partial charge in [-0.05, 0) is 77.2 Å². The molecule has 1 aliphatic rings. The molecule has 3 N–H and O–H groups in total. The van der Waals surface area contributed by atoms with E-state index >= 15 is 0 Å². The predicted molar refractivity (Wildman–Crippen MR) is 166 cm³/mol. The van der Waals surface area contributed by atoms with Gasteiger partial charge >= 0.3 is 0 Å². The first-order valence-corrected chi connectivity index (χ1v) is 14.6. The number of hydrogen-bond acceptors (Lipinski definition) is 6. The van der Waals surface area contributed by atoms with Gasteiger partial charge in [-0.3, -0.25) is 19.3 Å². The molecule has 42 heavy (non-hydrogen) atoms. The van der Waals surface area contributed by atoms with E-state index in [9.17, 15) is 18.8 Å². The van der Waals surface area contributed by atoms with Gasteiger partial charge in [0.1, 0.15) is 24.2 Å². The highest BCUT2D eigenvalue weighted by Gasteiger charge is 2.22. The molecule has 2 atom stereocenters. The molecule has 0 aliphatic carbocycles. The Morgan fingerprint density at radius 1 is 1.02 bits per heavy atom. The fourth-order valence-electron chi connectivity index (χ4n) is 3.83. The maximum absolute atomic E-state index is 12.6. The molecule has 0 radical (unpaired) electrons. The summed E-state index contributed by atoms with van der Waals surface area (Å²) in [5.41, 5.74) is 2.04. The van der Waals surface area contributed by atoms with Gasteiger partial charge in [-0.1, -0.05) is 50.6 Å². The van der Waals surface area contributed by atoms with E-state index < -0.39 is 11.9 Å². The maximum Gasteiger partial charge on any atom is 0.243 e. The van der Waals surface area contributed by atoms with Crippen molar-refractivity contribution in [3.05, 3.63) is 65.5 Å². The molecule has 0 spiro atoms. The van der Waals surface area contributed by atoms with Crippen molar-refractivity contribution in [2.45, 2.75) is 59.0 Å². The summed E-state index contributed by atoms with van der Waals surface area (Å²) in [4.78, 5) is 40.8. The lowest BCUT2D eigenvalue weighted by Gasteiger charge is -2.25. The Bertz CT molecular complexity index is 1080. The van der Waals surface area contributed by atoms with Crippen molar-refractivity contribution in [2.75, 3.05) is 53.9 Å². The zero-order valence-electron chi connectivity index (χ0n) is 26.3. The first-order valence-electron chi connectivity index (χ1n) is 14.6. The monoisotopic (exact) mass is 587 g/mol. The Hall–Kier alpha value is -3.50. The average Bonchev–Trinajstić information content (AvgIpc) is 2.93. The van der Waals surface area contributed by atoms with Crippen LogP contribution in [0.3, 0.4) is 0 Å². The summed E-state index contributed by atoms with van der Waals surface area (Å²) in [6.45, 7) is 9.35. The third kappa shape index (κ3) is 15.5. The number of para-hydroxylation sites is 1. The summed E-state index contributed by atoms with van der Waals surface area (Å²) < 4.78 is 18.2. The number of aryl methyl sites for hydroxylation is 2. The molecule has 0 bridgehead atoms. The van der Waals surface area contributed by atoms with Gasteiger partial charge in [-0.15, -0.1) is 0 Å². The summed E-state index contributed by atoms with van der Waals surface area (Å²) in [6, 6.07) is 13.7. The predicted octanol–water partition coefficient (Wildman–Crippen LogP) is 3.16. The van der Waals surface area contributed by atoms with Gasteiger partial charge in [0.2, 0.25) is 17.7 Å². The van der Waals surface area contributed by atoms with Crippen molar-refractivity contribution < 1.29 is 23.5 Å². The highest BCUT2D eigenvalue weighted by atomic mass is 19.1. The van der Waals surface area contributed by atoms with Crippen molar-refractivity contribution in [3.63, 3.8) is 0 Å². The highest BCUT2D eigenvalue weighted by Crippen LogP contribution is 2.20. The van der Waals surface area contributed by atoms with Crippen LogP contribution in [0.25, 0.3) is 0 Å². The van der Waals surface area contributed by atoms with Crippen LogP contribution in [0.4, 0.5) is 4.39 Å². The van der Waals surface area contributed by atoms with E-state index in [2.05, 4.69) is 29.8 Å². The number of hydrogen-bond donors (Lipinski definition) is 3. The fraction of sp³-hybridized carbons (Fsp3) is 0.531. The lowest BCUT2D eigenvalue weighted by atomic mass is 10.1. The molecule has 2 aromatic rings. The molecule has 1 unspecified atom stereocenters. The van der Waals surface area contributed by atoms with Gasteiger partial charge in [0.25, 0.3) is 0 Å². The first-order chi connectivity index (χ1) is 20.0. The molecular weight excluding hydrogens is 537 g/mol. The molecular formula is C32H50FN5O4. The van der Waals surface area contributed by atoms with Gasteiger partial charge in [0.15, 0.2) is 0 Å². The van der Waals surface area contributed by atoms with Crippen LogP contribution < -0.4 is 20.7 Å². The molecule has 1 heterocycles. The van der Waals surface area contributed by atoms with Gasteiger partial charge in [0, 0.05) is 19.1 Å². The van der Waals surface area contributed by atoms with E-state index in [1.807, 2.05) is 75.1 Å². The van der Waals surface area contributed by atoms with Gasteiger partial charge in [0.05, 0.1) is 13.1 Å². The number of carbonyl (C=O) groups excluding carboxylic acids is 3. The van der Waals surface area contributed by atoms with Crippen molar-refractivity contribution in [3.8, 4) is 5.75 Å². The average molecular weight is 588 g/mol. The number of nitrogens with one attached hydrogen (secondary N) is 3. The highest BCUT2D eigenvalue weighted by molar-refractivity contribution is 5.90. The number of likely N-dealkylation sites (N-methyl/N-ethyl adjacent to an activating group) is 2. The van der Waals surface area contributed by atoms with E-state index in [0.717, 1.165) is 29.7 Å². The summed E-state index contributed by atoms with van der Waals surface area (Å²) in [5, 5.41) is 8.23. The molecule has 3 amide bonds. The van der Waals surface area contributed by atoms with Crippen molar-refractivity contribution >= 4 is 17.7 Å². The normalized spacial score (nSPS) is 19.1. The van der Waals surface area contributed by atoms with E-state index in [1.165, 1.54) is 18.6 Å². The smallest absolute Gasteiger partial charge is 0.243 e. The number of carbonyl (C=O) groups is 3. The maximum atomic E-state index is 12.6. The molecule has 0 fully saturated rings. The van der Waals surface area contributed by atoms with E-state index in [4.69, 9.17) is 4.74 Å². The molecule has 10 heteroatoms. The van der Waals surface area contributed by atoms with Crippen molar-refractivity contribution in [1.82, 2.24) is 25.8 Å². The van der Waals surface area contributed by atoms with E-state index in [0.29, 0.717) is 19.7 Å².